The van der Waals surface area contributed by atoms with E-state index in [2.05, 4.69) is 194 Å². The number of furan rings is 2. The lowest BCUT2D eigenvalue weighted by molar-refractivity contribution is 0.669. The quantitative estimate of drug-likeness (QED) is 0.179. The predicted octanol–water partition coefficient (Wildman–Crippen LogP) is 14.9. The summed E-state index contributed by atoms with van der Waals surface area (Å²) in [5.74, 6) is 0. The van der Waals surface area contributed by atoms with Crippen LogP contribution in [0.25, 0.3) is 88.4 Å². The Kier molecular flexibility index (Phi) is 6.58. The molecule has 9 aromatic carbocycles. The van der Waals surface area contributed by atoms with Gasteiger partial charge in [-0.15, -0.1) is 0 Å². The lowest BCUT2D eigenvalue weighted by Gasteiger charge is -2.30. The van der Waals surface area contributed by atoms with Crippen LogP contribution in [0.15, 0.2) is 203 Å². The second-order valence-corrected chi connectivity index (χ2v) is 16.0. The molecule has 2 aliphatic rings. The largest absolute Gasteiger partial charge is 0.455 e. The van der Waals surface area contributed by atoms with Crippen molar-refractivity contribution >= 4 is 55.3 Å². The van der Waals surface area contributed by atoms with E-state index in [0.717, 1.165) is 77.5 Å². The number of fused-ring (bicyclic) bond motifs is 16. The molecular weight excluding hydrogens is 719 g/mol. The third kappa shape index (κ3) is 4.36. The molecule has 0 bridgehead atoms. The molecule has 0 fully saturated rings. The van der Waals surface area contributed by atoms with Crippen LogP contribution in [0.5, 0.6) is 0 Å². The number of rotatable bonds is 4. The van der Waals surface area contributed by atoms with Gasteiger partial charge in [0.2, 0.25) is 0 Å². The standard InChI is InChI=1S/C56H35NO2/c1-57(36-28-24-34(25-29-36)38-16-10-18-44-43-15-5-9-23-52(43)58-54(38)44)37-30-26-35(27-31-37)39-17-11-19-45-47-32-51-46(33-53(47)59-55(39)45)42-14-4-8-22-50(42)56(51)48-20-6-2-12-40(48)41-13-3-7-21-49(41)56/h2-33H,1H3. The summed E-state index contributed by atoms with van der Waals surface area (Å²) in [4.78, 5) is 2.23. The average Bonchev–Trinajstić information content (AvgIpc) is 4.03. The molecule has 0 N–H and O–H groups in total. The van der Waals surface area contributed by atoms with Crippen molar-refractivity contribution in [1.82, 2.24) is 0 Å². The van der Waals surface area contributed by atoms with E-state index in [-0.39, 0.29) is 5.41 Å². The van der Waals surface area contributed by atoms with Gasteiger partial charge in [0.15, 0.2) is 0 Å². The third-order valence-electron chi connectivity index (χ3n) is 13.2. The van der Waals surface area contributed by atoms with E-state index < -0.39 is 0 Å². The summed E-state index contributed by atoms with van der Waals surface area (Å²) in [5, 5.41) is 4.56. The van der Waals surface area contributed by atoms with E-state index in [1.165, 1.54) is 44.5 Å². The lowest BCUT2D eigenvalue weighted by atomic mass is 9.70. The van der Waals surface area contributed by atoms with E-state index in [1.54, 1.807) is 0 Å². The first-order chi connectivity index (χ1) is 29.2. The van der Waals surface area contributed by atoms with Gasteiger partial charge in [0.25, 0.3) is 0 Å². The Hall–Kier alpha value is -7.62. The lowest BCUT2D eigenvalue weighted by Crippen LogP contribution is -2.25. The minimum absolute atomic E-state index is 0.390. The third-order valence-corrected chi connectivity index (χ3v) is 13.2. The summed E-state index contributed by atoms with van der Waals surface area (Å²) in [5.41, 5.74) is 20.4. The van der Waals surface area contributed by atoms with Crippen LogP contribution in [-0.2, 0) is 5.41 Å². The molecule has 0 amide bonds. The van der Waals surface area contributed by atoms with Gasteiger partial charge in [-0.2, -0.15) is 0 Å². The second-order valence-electron chi connectivity index (χ2n) is 16.0. The van der Waals surface area contributed by atoms with Crippen molar-refractivity contribution in [2.75, 3.05) is 11.9 Å². The fraction of sp³-hybridized carbons (Fsp3) is 0.0357. The van der Waals surface area contributed by atoms with Crippen LogP contribution in [0.2, 0.25) is 0 Å². The Balaban J connectivity index is 0.871. The predicted molar refractivity (Wildman–Crippen MR) is 243 cm³/mol. The monoisotopic (exact) mass is 753 g/mol. The Morgan fingerprint density at radius 1 is 0.339 bits per heavy atom. The van der Waals surface area contributed by atoms with Crippen molar-refractivity contribution in [3.05, 3.63) is 216 Å². The molecule has 0 atom stereocenters. The minimum Gasteiger partial charge on any atom is -0.455 e. The van der Waals surface area contributed by atoms with Crippen LogP contribution in [0, 0.1) is 0 Å². The molecule has 0 saturated carbocycles. The van der Waals surface area contributed by atoms with Gasteiger partial charge in [-0.1, -0.05) is 152 Å². The van der Waals surface area contributed by atoms with E-state index in [9.17, 15) is 0 Å². The summed E-state index contributed by atoms with van der Waals surface area (Å²) < 4.78 is 13.2. The maximum Gasteiger partial charge on any atom is 0.143 e. The molecule has 59 heavy (non-hydrogen) atoms. The van der Waals surface area contributed by atoms with Crippen molar-refractivity contribution in [3.63, 3.8) is 0 Å². The molecule has 0 saturated heterocycles. The zero-order valence-corrected chi connectivity index (χ0v) is 32.2. The van der Waals surface area contributed by atoms with Crippen LogP contribution >= 0.6 is 0 Å². The Morgan fingerprint density at radius 2 is 0.780 bits per heavy atom. The molecule has 0 aliphatic heterocycles. The number of anilines is 2. The van der Waals surface area contributed by atoms with Crippen molar-refractivity contribution in [2.24, 2.45) is 0 Å². The van der Waals surface area contributed by atoms with Gasteiger partial charge in [0, 0.05) is 51.1 Å². The molecule has 11 aromatic rings. The first kappa shape index (κ1) is 32.5. The highest BCUT2D eigenvalue weighted by molar-refractivity contribution is 6.12. The first-order valence-corrected chi connectivity index (χ1v) is 20.3. The van der Waals surface area contributed by atoms with Crippen LogP contribution in [0.4, 0.5) is 11.4 Å². The fourth-order valence-corrected chi connectivity index (χ4v) is 10.5. The van der Waals surface area contributed by atoms with Gasteiger partial charge in [-0.05, 0) is 98.1 Å². The second kappa shape index (κ2) is 12.0. The highest BCUT2D eigenvalue weighted by atomic mass is 16.3. The molecule has 3 heteroatoms. The van der Waals surface area contributed by atoms with Gasteiger partial charge in [0.05, 0.1) is 5.41 Å². The summed E-state index contributed by atoms with van der Waals surface area (Å²) in [7, 11) is 2.12. The SMILES string of the molecule is CN(c1ccc(-c2cccc3c2oc2ccccc23)cc1)c1ccc(-c2cccc3c2oc2cc4c(cc23)C2(c3ccccc3-c3ccccc32)c2ccccc2-4)cc1. The Labute approximate surface area is 341 Å². The normalized spacial score (nSPS) is 13.3. The first-order valence-electron chi connectivity index (χ1n) is 20.3. The van der Waals surface area contributed by atoms with Crippen molar-refractivity contribution in [1.29, 1.82) is 0 Å². The van der Waals surface area contributed by atoms with E-state index in [1.807, 2.05) is 12.1 Å². The summed E-state index contributed by atoms with van der Waals surface area (Å²) >= 11 is 0. The molecule has 276 valence electrons. The smallest absolute Gasteiger partial charge is 0.143 e. The van der Waals surface area contributed by atoms with Gasteiger partial charge in [0.1, 0.15) is 22.3 Å². The molecule has 13 rings (SSSR count). The number of para-hydroxylation sites is 3. The van der Waals surface area contributed by atoms with Crippen LogP contribution in [0.3, 0.4) is 0 Å². The highest BCUT2D eigenvalue weighted by Gasteiger charge is 2.51. The minimum atomic E-state index is -0.390. The van der Waals surface area contributed by atoms with Gasteiger partial charge in [-0.25, -0.2) is 0 Å². The maximum atomic E-state index is 6.89. The van der Waals surface area contributed by atoms with Crippen molar-refractivity contribution in [2.45, 2.75) is 5.41 Å². The van der Waals surface area contributed by atoms with Gasteiger partial charge in [-0.3, -0.25) is 0 Å². The van der Waals surface area contributed by atoms with Gasteiger partial charge < -0.3 is 13.7 Å². The summed E-state index contributed by atoms with van der Waals surface area (Å²) in [6.07, 6.45) is 0. The zero-order valence-electron chi connectivity index (χ0n) is 32.2. The average molecular weight is 754 g/mol. The molecule has 2 heterocycles. The van der Waals surface area contributed by atoms with Gasteiger partial charge >= 0.3 is 0 Å². The maximum absolute atomic E-state index is 6.89. The highest BCUT2D eigenvalue weighted by Crippen LogP contribution is 2.63. The summed E-state index contributed by atoms with van der Waals surface area (Å²) in [6.45, 7) is 0. The molecular formula is C56H35NO2. The summed E-state index contributed by atoms with van der Waals surface area (Å²) in [6, 6.07) is 70.4. The van der Waals surface area contributed by atoms with E-state index in [0.29, 0.717) is 0 Å². The van der Waals surface area contributed by atoms with Crippen molar-refractivity contribution in [3.8, 4) is 44.5 Å². The van der Waals surface area contributed by atoms with Crippen LogP contribution < -0.4 is 4.90 Å². The van der Waals surface area contributed by atoms with Crippen LogP contribution in [0.1, 0.15) is 22.3 Å². The molecule has 2 aliphatic carbocycles. The number of benzene rings is 9. The number of hydrogen-bond acceptors (Lipinski definition) is 3. The zero-order chi connectivity index (χ0) is 38.8. The number of nitrogens with zero attached hydrogens (tertiary/aromatic N) is 1. The molecule has 0 unspecified atom stereocenters. The van der Waals surface area contributed by atoms with E-state index in [4.69, 9.17) is 8.83 Å². The van der Waals surface area contributed by atoms with E-state index >= 15 is 0 Å². The Morgan fingerprint density at radius 3 is 1.36 bits per heavy atom. The topological polar surface area (TPSA) is 29.5 Å². The Bertz CT molecular complexity index is 3470. The number of hydrogen-bond donors (Lipinski definition) is 0. The molecule has 1 spiro atoms. The van der Waals surface area contributed by atoms with Crippen LogP contribution in [-0.4, -0.2) is 7.05 Å². The molecule has 0 radical (unpaired) electrons. The fourth-order valence-electron chi connectivity index (χ4n) is 10.5. The molecule has 3 nitrogen and oxygen atoms in total. The molecule has 2 aromatic heterocycles. The van der Waals surface area contributed by atoms with Crippen molar-refractivity contribution < 1.29 is 8.83 Å².